The molecule has 0 aliphatic carbocycles. The molecule has 0 fully saturated rings. The van der Waals surface area contributed by atoms with Crippen LogP contribution in [0.25, 0.3) is 0 Å². The average molecular weight is 326 g/mol. The number of thioether (sulfide) groups is 1. The summed E-state index contributed by atoms with van der Waals surface area (Å²) in [7, 11) is -3.48. The van der Waals surface area contributed by atoms with Crippen LogP contribution in [-0.4, -0.2) is 57.2 Å². The second-order valence-electron chi connectivity index (χ2n) is 3.88. The van der Waals surface area contributed by atoms with E-state index >= 15 is 0 Å². The van der Waals surface area contributed by atoms with Crippen molar-refractivity contribution < 1.29 is 22.7 Å². The molecule has 118 valence electrons. The molecule has 0 aromatic rings. The number of rotatable bonds is 10. The van der Waals surface area contributed by atoms with E-state index in [1.54, 1.807) is 6.92 Å². The molecular weight excluding hydrogens is 304 g/mol. The van der Waals surface area contributed by atoms with E-state index in [1.165, 1.54) is 18.7 Å². The standard InChI is InChI=1S/C11H22N2O5S2/c1-4-18-10(14)8-12-11(15)9(6-7-19-3)13-20(16,17)5-2/h9,13H,4-8H2,1-3H3,(H,12,15). The van der Waals surface area contributed by atoms with Gasteiger partial charge in [0.1, 0.15) is 12.6 Å². The van der Waals surface area contributed by atoms with Gasteiger partial charge in [0.05, 0.1) is 12.4 Å². The van der Waals surface area contributed by atoms with Crippen molar-refractivity contribution in [3.8, 4) is 0 Å². The molecule has 2 N–H and O–H groups in total. The van der Waals surface area contributed by atoms with E-state index in [9.17, 15) is 18.0 Å². The van der Waals surface area contributed by atoms with Gasteiger partial charge >= 0.3 is 5.97 Å². The van der Waals surface area contributed by atoms with Crippen molar-refractivity contribution in [2.75, 3.05) is 30.9 Å². The van der Waals surface area contributed by atoms with Gasteiger partial charge in [0.2, 0.25) is 15.9 Å². The molecule has 0 saturated carbocycles. The summed E-state index contributed by atoms with van der Waals surface area (Å²) in [6.07, 6.45) is 2.22. The van der Waals surface area contributed by atoms with Crippen LogP contribution >= 0.6 is 11.8 Å². The van der Waals surface area contributed by atoms with Crippen LogP contribution in [0.1, 0.15) is 20.3 Å². The van der Waals surface area contributed by atoms with Crippen molar-refractivity contribution in [1.82, 2.24) is 10.0 Å². The minimum Gasteiger partial charge on any atom is -0.465 e. The Hall–Kier alpha value is -0.800. The minimum absolute atomic E-state index is 0.103. The summed E-state index contributed by atoms with van der Waals surface area (Å²) < 4.78 is 30.1. The molecule has 0 spiro atoms. The van der Waals surface area contributed by atoms with E-state index in [2.05, 4.69) is 14.8 Å². The highest BCUT2D eigenvalue weighted by atomic mass is 32.2. The van der Waals surface area contributed by atoms with Gasteiger partial charge in [0.15, 0.2) is 0 Å². The van der Waals surface area contributed by atoms with E-state index in [0.29, 0.717) is 12.2 Å². The number of sulfonamides is 1. The highest BCUT2D eigenvalue weighted by Crippen LogP contribution is 2.03. The summed E-state index contributed by atoms with van der Waals surface area (Å²) in [5.41, 5.74) is 0. The zero-order valence-electron chi connectivity index (χ0n) is 12.0. The third-order valence-corrected chi connectivity index (χ3v) is 4.39. The van der Waals surface area contributed by atoms with Crippen molar-refractivity contribution in [3.63, 3.8) is 0 Å². The lowest BCUT2D eigenvalue weighted by molar-refractivity contribution is -0.143. The number of hydrogen-bond acceptors (Lipinski definition) is 6. The summed E-state index contributed by atoms with van der Waals surface area (Å²) in [4.78, 5) is 23.0. The van der Waals surface area contributed by atoms with Gasteiger partial charge in [0.25, 0.3) is 0 Å². The Balaban J connectivity index is 4.52. The predicted molar refractivity (Wildman–Crippen MR) is 79.0 cm³/mol. The van der Waals surface area contributed by atoms with Gasteiger partial charge in [-0.1, -0.05) is 0 Å². The Morgan fingerprint density at radius 2 is 1.95 bits per heavy atom. The zero-order valence-corrected chi connectivity index (χ0v) is 13.6. The van der Waals surface area contributed by atoms with Crippen molar-refractivity contribution >= 4 is 33.7 Å². The first-order valence-electron chi connectivity index (χ1n) is 6.28. The maximum absolute atomic E-state index is 11.9. The number of carbonyl (C=O) groups is 2. The second kappa shape index (κ2) is 10.0. The van der Waals surface area contributed by atoms with Crippen LogP contribution in [0.3, 0.4) is 0 Å². The molecule has 1 unspecified atom stereocenters. The van der Waals surface area contributed by atoms with E-state index in [0.717, 1.165) is 0 Å². The number of nitrogens with one attached hydrogen (secondary N) is 2. The maximum atomic E-state index is 11.9. The van der Waals surface area contributed by atoms with Gasteiger partial charge in [-0.15, -0.1) is 0 Å². The summed E-state index contributed by atoms with van der Waals surface area (Å²) in [6, 6.07) is -0.873. The van der Waals surface area contributed by atoms with Crippen molar-refractivity contribution in [1.29, 1.82) is 0 Å². The smallest absolute Gasteiger partial charge is 0.325 e. The van der Waals surface area contributed by atoms with Crippen LogP contribution in [0, 0.1) is 0 Å². The normalized spacial score (nSPS) is 12.8. The number of carbonyl (C=O) groups excluding carboxylic acids is 2. The lowest BCUT2D eigenvalue weighted by Crippen LogP contribution is -2.48. The predicted octanol–water partition coefficient (Wildman–Crippen LogP) is -0.273. The summed E-state index contributed by atoms with van der Waals surface area (Å²) in [5.74, 6) is -0.551. The monoisotopic (exact) mass is 326 g/mol. The molecule has 1 amide bonds. The molecule has 20 heavy (non-hydrogen) atoms. The molecule has 0 aliphatic heterocycles. The molecule has 0 aromatic heterocycles. The molecule has 0 aromatic carbocycles. The fourth-order valence-corrected chi connectivity index (χ4v) is 2.57. The zero-order chi connectivity index (χ0) is 15.6. The van der Waals surface area contributed by atoms with Crippen LogP contribution in [0.2, 0.25) is 0 Å². The molecule has 1 atom stereocenters. The summed E-state index contributed by atoms with van der Waals surface area (Å²) >= 11 is 1.51. The summed E-state index contributed by atoms with van der Waals surface area (Å²) in [6.45, 7) is 3.12. The van der Waals surface area contributed by atoms with Crippen LogP contribution in [0.4, 0.5) is 0 Å². The minimum atomic E-state index is -3.48. The van der Waals surface area contributed by atoms with Gasteiger partial charge in [-0.2, -0.15) is 11.8 Å². The van der Waals surface area contributed by atoms with Gasteiger partial charge in [-0.3, -0.25) is 9.59 Å². The molecule has 0 radical (unpaired) electrons. The first-order chi connectivity index (χ1) is 9.36. The van der Waals surface area contributed by atoms with E-state index < -0.39 is 27.9 Å². The first kappa shape index (κ1) is 19.2. The van der Waals surface area contributed by atoms with E-state index in [4.69, 9.17) is 0 Å². The molecule has 0 heterocycles. The number of esters is 1. The van der Waals surface area contributed by atoms with Crippen molar-refractivity contribution in [2.45, 2.75) is 26.3 Å². The highest BCUT2D eigenvalue weighted by molar-refractivity contribution is 7.98. The fourth-order valence-electron chi connectivity index (χ4n) is 1.27. The van der Waals surface area contributed by atoms with Gasteiger partial charge < -0.3 is 10.1 Å². The first-order valence-corrected chi connectivity index (χ1v) is 9.33. The van der Waals surface area contributed by atoms with E-state index in [-0.39, 0.29) is 18.9 Å². The lowest BCUT2D eigenvalue weighted by Gasteiger charge is -2.17. The molecule has 0 saturated heterocycles. The van der Waals surface area contributed by atoms with Crippen LogP contribution in [0.5, 0.6) is 0 Å². The maximum Gasteiger partial charge on any atom is 0.325 e. The molecular formula is C11H22N2O5S2. The molecule has 0 rings (SSSR count). The van der Waals surface area contributed by atoms with Crippen molar-refractivity contribution in [2.24, 2.45) is 0 Å². The van der Waals surface area contributed by atoms with Crippen LogP contribution in [0.15, 0.2) is 0 Å². The van der Waals surface area contributed by atoms with Gasteiger partial charge in [-0.25, -0.2) is 13.1 Å². The number of hydrogen-bond donors (Lipinski definition) is 2. The van der Waals surface area contributed by atoms with E-state index in [1.807, 2.05) is 6.26 Å². The Kier molecular flexibility index (Phi) is 9.60. The molecule has 0 bridgehead atoms. The third-order valence-electron chi connectivity index (χ3n) is 2.34. The topological polar surface area (TPSA) is 102 Å². The Labute approximate surface area is 124 Å². The number of ether oxygens (including phenoxy) is 1. The SMILES string of the molecule is CCOC(=O)CNC(=O)C(CCSC)NS(=O)(=O)CC. The van der Waals surface area contributed by atoms with Crippen LogP contribution < -0.4 is 10.0 Å². The lowest BCUT2D eigenvalue weighted by atomic mass is 10.2. The largest absolute Gasteiger partial charge is 0.465 e. The highest BCUT2D eigenvalue weighted by Gasteiger charge is 2.23. The Morgan fingerprint density at radius 1 is 1.30 bits per heavy atom. The Bertz CT molecular complexity index is 411. The Morgan fingerprint density at radius 3 is 2.45 bits per heavy atom. The molecule has 0 aliphatic rings. The quantitative estimate of drug-likeness (QED) is 0.536. The summed E-state index contributed by atoms with van der Waals surface area (Å²) in [5, 5.41) is 2.37. The fraction of sp³-hybridized carbons (Fsp3) is 0.818. The average Bonchev–Trinajstić information content (AvgIpc) is 2.41. The number of amides is 1. The van der Waals surface area contributed by atoms with Gasteiger partial charge in [0, 0.05) is 0 Å². The van der Waals surface area contributed by atoms with Gasteiger partial charge in [-0.05, 0) is 32.3 Å². The third kappa shape index (κ3) is 8.39. The molecule has 9 heteroatoms. The van der Waals surface area contributed by atoms with Crippen molar-refractivity contribution in [3.05, 3.63) is 0 Å². The molecule has 7 nitrogen and oxygen atoms in total. The van der Waals surface area contributed by atoms with Crippen LogP contribution in [-0.2, 0) is 24.3 Å². The second-order valence-corrected chi connectivity index (χ2v) is 6.91.